The Bertz CT molecular complexity index is 859. The minimum Gasteiger partial charge on any atom is -0.444 e. The van der Waals surface area contributed by atoms with Crippen LogP contribution in [0, 0.1) is 5.92 Å². The third-order valence-electron chi connectivity index (χ3n) is 6.61. The van der Waals surface area contributed by atoms with Gasteiger partial charge in [0, 0.05) is 48.0 Å². The van der Waals surface area contributed by atoms with Gasteiger partial charge in [0.1, 0.15) is 5.60 Å². The van der Waals surface area contributed by atoms with Crippen LogP contribution >= 0.6 is 11.3 Å². The monoisotopic (exact) mass is 443 g/mol. The number of nitrogens with one attached hydrogen (secondary N) is 1. The molecule has 1 aromatic heterocycles. The van der Waals surface area contributed by atoms with Crippen molar-refractivity contribution in [1.82, 2.24) is 10.2 Å². The average molecular weight is 444 g/mol. The van der Waals surface area contributed by atoms with E-state index in [-0.39, 0.29) is 12.1 Å². The highest BCUT2D eigenvalue weighted by Gasteiger charge is 2.26. The van der Waals surface area contributed by atoms with Gasteiger partial charge in [0.2, 0.25) is 0 Å². The molecule has 0 bridgehead atoms. The number of anilines is 1. The molecule has 0 radical (unpaired) electrons. The molecule has 6 heteroatoms. The number of hydrogen-bond acceptors (Lipinski definition) is 5. The van der Waals surface area contributed by atoms with Crippen molar-refractivity contribution in [2.24, 2.45) is 5.92 Å². The lowest BCUT2D eigenvalue weighted by Gasteiger charge is -2.37. The Kier molecular flexibility index (Phi) is 7.07. The number of alkyl carbamates (subject to hydrolysis) is 1. The highest BCUT2D eigenvalue weighted by Crippen LogP contribution is 2.31. The number of nitrogens with zero attached hydrogens (tertiary/aromatic N) is 2. The summed E-state index contributed by atoms with van der Waals surface area (Å²) in [4.78, 5) is 17.2. The summed E-state index contributed by atoms with van der Waals surface area (Å²) in [7, 11) is 0. The lowest BCUT2D eigenvalue weighted by molar-refractivity contribution is 0.0486. The molecule has 0 unspecified atom stereocenters. The largest absolute Gasteiger partial charge is 0.444 e. The molecule has 2 aromatic rings. The van der Waals surface area contributed by atoms with Crippen molar-refractivity contribution in [2.75, 3.05) is 37.6 Å². The second-order valence-corrected chi connectivity index (χ2v) is 11.0. The molecule has 2 fully saturated rings. The maximum atomic E-state index is 12.0. The molecule has 2 aliphatic rings. The number of carbonyl (C=O) groups is 1. The maximum Gasteiger partial charge on any atom is 0.407 e. The van der Waals surface area contributed by atoms with Gasteiger partial charge in [-0.25, -0.2) is 4.79 Å². The molecule has 1 aromatic carbocycles. The molecule has 0 atom stereocenters. The molecule has 1 saturated heterocycles. The van der Waals surface area contributed by atoms with E-state index in [4.69, 9.17) is 4.74 Å². The Morgan fingerprint density at radius 2 is 1.84 bits per heavy atom. The summed E-state index contributed by atoms with van der Waals surface area (Å²) in [6.07, 6.45) is 5.57. The summed E-state index contributed by atoms with van der Waals surface area (Å²) in [6.45, 7) is 11.4. The minimum atomic E-state index is -0.429. The van der Waals surface area contributed by atoms with Crippen molar-refractivity contribution < 1.29 is 9.53 Å². The number of hydrogen-bond donors (Lipinski definition) is 1. The quantitative estimate of drug-likeness (QED) is 0.663. The number of ether oxygens (including phenoxy) is 1. The highest BCUT2D eigenvalue weighted by molar-refractivity contribution is 7.17. The lowest BCUT2D eigenvalue weighted by atomic mass is 9.84. The van der Waals surface area contributed by atoms with Gasteiger partial charge in [-0.2, -0.15) is 0 Å². The fraction of sp³-hybridized carbons (Fsp3) is 0.640. The van der Waals surface area contributed by atoms with Crippen molar-refractivity contribution in [2.45, 2.75) is 64.5 Å². The van der Waals surface area contributed by atoms with Gasteiger partial charge in [-0.1, -0.05) is 6.07 Å². The zero-order chi connectivity index (χ0) is 21.8. The van der Waals surface area contributed by atoms with E-state index in [0.29, 0.717) is 0 Å². The van der Waals surface area contributed by atoms with Crippen LogP contribution in [0.2, 0.25) is 0 Å². The summed E-state index contributed by atoms with van der Waals surface area (Å²) in [5.74, 6) is 0.786. The zero-order valence-electron chi connectivity index (χ0n) is 19.2. The zero-order valence-corrected chi connectivity index (χ0v) is 20.0. The van der Waals surface area contributed by atoms with Gasteiger partial charge in [-0.3, -0.25) is 4.90 Å². The van der Waals surface area contributed by atoms with Crippen molar-refractivity contribution in [1.29, 1.82) is 0 Å². The van der Waals surface area contributed by atoms with E-state index in [2.05, 4.69) is 44.8 Å². The maximum absolute atomic E-state index is 12.0. The second kappa shape index (κ2) is 9.78. The summed E-state index contributed by atoms with van der Waals surface area (Å²) >= 11 is 1.83. The first-order valence-electron chi connectivity index (χ1n) is 11.8. The standard InChI is InChI=1S/C25H37N3O2S/c1-25(2,3)30-24(29)26-20-9-7-19(8-10-20)11-13-27-14-16-28(17-15-27)22-5-4-6-23-21(22)12-18-31-23/h4-6,12,18-20H,7-11,13-17H2,1-3H3,(H,26,29). The molecule has 1 aliphatic heterocycles. The first-order valence-corrected chi connectivity index (χ1v) is 12.7. The van der Waals surface area contributed by atoms with Gasteiger partial charge in [-0.15, -0.1) is 11.3 Å². The SMILES string of the molecule is CC(C)(C)OC(=O)NC1CCC(CCN2CCN(c3cccc4sccc34)CC2)CC1. The topological polar surface area (TPSA) is 44.8 Å². The molecule has 5 nitrogen and oxygen atoms in total. The Morgan fingerprint density at radius 3 is 2.55 bits per heavy atom. The van der Waals surface area contributed by atoms with E-state index < -0.39 is 5.60 Å². The third-order valence-corrected chi connectivity index (χ3v) is 7.49. The van der Waals surface area contributed by atoms with E-state index >= 15 is 0 Å². The number of thiophene rings is 1. The molecule has 2 heterocycles. The van der Waals surface area contributed by atoms with Gasteiger partial charge in [0.05, 0.1) is 0 Å². The molecule has 1 N–H and O–H groups in total. The number of benzene rings is 1. The number of amides is 1. The van der Waals surface area contributed by atoms with Crippen LogP contribution in [0.4, 0.5) is 10.5 Å². The molecule has 1 aliphatic carbocycles. The van der Waals surface area contributed by atoms with E-state index in [1.54, 1.807) is 0 Å². The Labute approximate surface area is 190 Å². The number of piperazine rings is 1. The van der Waals surface area contributed by atoms with Crippen LogP contribution in [0.25, 0.3) is 10.1 Å². The average Bonchev–Trinajstić information content (AvgIpc) is 3.21. The first-order chi connectivity index (χ1) is 14.9. The van der Waals surface area contributed by atoms with Crippen LogP contribution in [-0.4, -0.2) is 55.4 Å². The third kappa shape index (κ3) is 6.13. The van der Waals surface area contributed by atoms with E-state index in [0.717, 1.165) is 44.9 Å². The second-order valence-electron chi connectivity index (χ2n) is 10.1. The molecule has 31 heavy (non-hydrogen) atoms. The molecular formula is C25H37N3O2S. The molecule has 0 spiro atoms. The Morgan fingerprint density at radius 1 is 1.10 bits per heavy atom. The normalized spacial score (nSPS) is 23.1. The summed E-state index contributed by atoms with van der Waals surface area (Å²) < 4.78 is 6.78. The first kappa shape index (κ1) is 22.4. The van der Waals surface area contributed by atoms with Gasteiger partial charge in [0.15, 0.2) is 0 Å². The summed E-state index contributed by atoms with van der Waals surface area (Å²) in [6, 6.07) is 9.21. The smallest absolute Gasteiger partial charge is 0.407 e. The predicted octanol–water partition coefficient (Wildman–Crippen LogP) is 5.50. The fourth-order valence-electron chi connectivity index (χ4n) is 4.90. The van der Waals surface area contributed by atoms with Gasteiger partial charge < -0.3 is 15.0 Å². The summed E-state index contributed by atoms with van der Waals surface area (Å²) in [5, 5.41) is 6.65. The van der Waals surface area contributed by atoms with Crippen LogP contribution in [0.15, 0.2) is 29.6 Å². The van der Waals surface area contributed by atoms with Crippen LogP contribution in [-0.2, 0) is 4.74 Å². The molecule has 1 amide bonds. The number of rotatable bonds is 5. The van der Waals surface area contributed by atoms with E-state index in [1.165, 1.54) is 41.6 Å². The molecule has 4 rings (SSSR count). The van der Waals surface area contributed by atoms with Crippen molar-refractivity contribution in [3.05, 3.63) is 29.6 Å². The van der Waals surface area contributed by atoms with Crippen LogP contribution in [0.5, 0.6) is 0 Å². The van der Waals surface area contributed by atoms with E-state index in [9.17, 15) is 4.79 Å². The van der Waals surface area contributed by atoms with E-state index in [1.807, 2.05) is 32.1 Å². The van der Waals surface area contributed by atoms with Crippen molar-refractivity contribution >= 4 is 33.2 Å². The summed E-state index contributed by atoms with van der Waals surface area (Å²) in [5.41, 5.74) is 0.968. The molecule has 170 valence electrons. The van der Waals surface area contributed by atoms with Gasteiger partial charge in [0.25, 0.3) is 0 Å². The van der Waals surface area contributed by atoms with Crippen LogP contribution in [0.1, 0.15) is 52.9 Å². The number of fused-ring (bicyclic) bond motifs is 1. The highest BCUT2D eigenvalue weighted by atomic mass is 32.1. The van der Waals surface area contributed by atoms with Crippen LogP contribution < -0.4 is 10.2 Å². The lowest BCUT2D eigenvalue weighted by Crippen LogP contribution is -2.47. The Hall–Kier alpha value is -1.79. The predicted molar refractivity (Wildman–Crippen MR) is 130 cm³/mol. The Balaban J connectivity index is 1.16. The van der Waals surface area contributed by atoms with Crippen LogP contribution in [0.3, 0.4) is 0 Å². The number of carbonyl (C=O) groups excluding carboxylic acids is 1. The molecular weight excluding hydrogens is 406 g/mol. The van der Waals surface area contributed by atoms with Crippen molar-refractivity contribution in [3.8, 4) is 0 Å². The minimum absolute atomic E-state index is 0.271. The van der Waals surface area contributed by atoms with Gasteiger partial charge >= 0.3 is 6.09 Å². The van der Waals surface area contributed by atoms with Crippen molar-refractivity contribution in [3.63, 3.8) is 0 Å². The van der Waals surface area contributed by atoms with Gasteiger partial charge in [-0.05, 0) is 88.9 Å². The molecule has 1 saturated carbocycles. The fourth-order valence-corrected chi connectivity index (χ4v) is 5.71.